The molecule has 2 rings (SSSR count). The highest BCUT2D eigenvalue weighted by Crippen LogP contribution is 2.48. The van der Waals surface area contributed by atoms with Gasteiger partial charge in [0.05, 0.1) is 5.56 Å². The molecular formula is C20H24F3O2P. The van der Waals surface area contributed by atoms with E-state index in [1.54, 1.807) is 12.1 Å². The minimum atomic E-state index is -4.36. The molecule has 0 bridgehead atoms. The Morgan fingerprint density at radius 3 is 2.35 bits per heavy atom. The Balaban J connectivity index is 2.49. The van der Waals surface area contributed by atoms with Gasteiger partial charge in [-0.25, -0.2) is 0 Å². The number of aryl methyl sites for hydroxylation is 1. The lowest BCUT2D eigenvalue weighted by atomic mass is 9.95. The summed E-state index contributed by atoms with van der Waals surface area (Å²) in [7, 11) is 1.49. The lowest BCUT2D eigenvalue weighted by Gasteiger charge is -2.32. The maximum atomic E-state index is 13.4. The summed E-state index contributed by atoms with van der Waals surface area (Å²) in [5.74, 6) is 0.652. The van der Waals surface area contributed by atoms with E-state index in [1.807, 2.05) is 39.0 Å². The highest BCUT2D eigenvalue weighted by Gasteiger charge is 2.36. The van der Waals surface area contributed by atoms with Crippen LogP contribution in [0.4, 0.5) is 13.2 Å². The van der Waals surface area contributed by atoms with E-state index in [4.69, 9.17) is 9.47 Å². The van der Waals surface area contributed by atoms with Crippen LogP contribution in [0.3, 0.4) is 0 Å². The van der Waals surface area contributed by atoms with E-state index in [-0.39, 0.29) is 15.4 Å². The molecule has 0 saturated carbocycles. The van der Waals surface area contributed by atoms with Crippen molar-refractivity contribution in [3.63, 3.8) is 0 Å². The SMILES string of the molecule is CCC(C)(Pc1ccccc1C(F)(F)F)c1cc(C)ccc1OCOC. The van der Waals surface area contributed by atoms with Gasteiger partial charge in [-0.2, -0.15) is 13.2 Å². The van der Waals surface area contributed by atoms with Crippen molar-refractivity contribution in [1.29, 1.82) is 0 Å². The molecule has 0 aromatic heterocycles. The summed E-state index contributed by atoms with van der Waals surface area (Å²) < 4.78 is 50.9. The maximum Gasteiger partial charge on any atom is 0.417 e. The molecule has 6 heteroatoms. The van der Waals surface area contributed by atoms with E-state index in [9.17, 15) is 13.2 Å². The van der Waals surface area contributed by atoms with Gasteiger partial charge in [0.2, 0.25) is 0 Å². The molecule has 0 amide bonds. The number of ether oxygens (including phenoxy) is 2. The van der Waals surface area contributed by atoms with Crippen LogP contribution in [0.5, 0.6) is 5.75 Å². The van der Waals surface area contributed by atoms with Gasteiger partial charge < -0.3 is 9.47 Å². The number of benzene rings is 2. The van der Waals surface area contributed by atoms with Crippen molar-refractivity contribution in [2.24, 2.45) is 0 Å². The van der Waals surface area contributed by atoms with Crippen molar-refractivity contribution in [3.05, 3.63) is 59.2 Å². The summed E-state index contributed by atoms with van der Waals surface area (Å²) in [5, 5.41) is -0.153. The molecular weight excluding hydrogens is 360 g/mol. The fourth-order valence-corrected chi connectivity index (χ4v) is 4.45. The van der Waals surface area contributed by atoms with Crippen molar-refractivity contribution in [2.75, 3.05) is 13.9 Å². The number of rotatable bonds is 7. The average Bonchev–Trinajstić information content (AvgIpc) is 2.60. The molecule has 0 saturated heterocycles. The van der Waals surface area contributed by atoms with E-state index in [2.05, 4.69) is 0 Å². The van der Waals surface area contributed by atoms with Crippen LogP contribution < -0.4 is 10.0 Å². The van der Waals surface area contributed by atoms with Crippen molar-refractivity contribution >= 4 is 13.9 Å². The quantitative estimate of drug-likeness (QED) is 0.455. The molecule has 0 radical (unpaired) electrons. The fourth-order valence-electron chi connectivity index (χ4n) is 2.81. The third-order valence-electron chi connectivity index (χ3n) is 4.41. The van der Waals surface area contributed by atoms with Crippen molar-refractivity contribution in [3.8, 4) is 5.75 Å². The van der Waals surface area contributed by atoms with Crippen LogP contribution in [0.15, 0.2) is 42.5 Å². The smallest absolute Gasteiger partial charge is 0.417 e. The van der Waals surface area contributed by atoms with E-state index < -0.39 is 16.9 Å². The standard InChI is InChI=1S/C20H24F3O2P/c1-5-19(3,16-12-14(2)10-11-17(16)25-13-24-4)26-18-9-7-6-8-15(18)20(21,22)23/h6-12,26H,5,13H2,1-4H3. The number of alkyl halides is 3. The summed E-state index contributed by atoms with van der Waals surface area (Å²) in [6.45, 7) is 6.04. The van der Waals surface area contributed by atoms with E-state index in [0.717, 1.165) is 17.2 Å². The number of methoxy groups -OCH3 is 1. The molecule has 0 spiro atoms. The summed E-state index contributed by atoms with van der Waals surface area (Å²) >= 11 is 0. The third kappa shape index (κ3) is 4.77. The van der Waals surface area contributed by atoms with Gasteiger partial charge in [0, 0.05) is 17.8 Å². The minimum Gasteiger partial charge on any atom is -0.467 e. The molecule has 0 aliphatic heterocycles. The second kappa shape index (κ2) is 8.41. The Labute approximate surface area is 154 Å². The zero-order valence-electron chi connectivity index (χ0n) is 15.4. The van der Waals surface area contributed by atoms with Gasteiger partial charge in [0.25, 0.3) is 0 Å². The monoisotopic (exact) mass is 384 g/mol. The zero-order valence-corrected chi connectivity index (χ0v) is 16.4. The maximum absolute atomic E-state index is 13.4. The van der Waals surface area contributed by atoms with Gasteiger partial charge in [-0.05, 0) is 30.8 Å². The van der Waals surface area contributed by atoms with Crippen LogP contribution in [-0.4, -0.2) is 13.9 Å². The minimum absolute atomic E-state index is 0.0446. The first-order chi connectivity index (χ1) is 12.2. The Kier molecular flexibility index (Phi) is 6.70. The van der Waals surface area contributed by atoms with Gasteiger partial charge in [-0.3, -0.25) is 0 Å². The molecule has 2 unspecified atom stereocenters. The summed E-state index contributed by atoms with van der Waals surface area (Å²) in [5.41, 5.74) is 1.38. The van der Waals surface area contributed by atoms with Gasteiger partial charge in [0.15, 0.2) is 6.79 Å². The van der Waals surface area contributed by atoms with Gasteiger partial charge >= 0.3 is 6.18 Å². The summed E-state index contributed by atoms with van der Waals surface area (Å²) in [6, 6.07) is 11.6. The topological polar surface area (TPSA) is 18.5 Å². The fraction of sp³-hybridized carbons (Fsp3) is 0.400. The van der Waals surface area contributed by atoms with Crippen LogP contribution in [0.25, 0.3) is 0 Å². The Morgan fingerprint density at radius 2 is 1.73 bits per heavy atom. The molecule has 2 atom stereocenters. The lowest BCUT2D eigenvalue weighted by Crippen LogP contribution is -2.24. The van der Waals surface area contributed by atoms with Crippen molar-refractivity contribution < 1.29 is 22.6 Å². The van der Waals surface area contributed by atoms with Gasteiger partial charge in [0.1, 0.15) is 5.75 Å². The molecule has 2 aromatic rings. The molecule has 2 aromatic carbocycles. The van der Waals surface area contributed by atoms with Crippen LogP contribution in [0.2, 0.25) is 0 Å². The predicted molar refractivity (Wildman–Crippen MR) is 101 cm³/mol. The molecule has 142 valence electrons. The van der Waals surface area contributed by atoms with E-state index >= 15 is 0 Å². The Morgan fingerprint density at radius 1 is 1.04 bits per heavy atom. The molecule has 0 aliphatic rings. The predicted octanol–water partition coefficient (Wildman–Crippen LogP) is 5.63. The summed E-state index contributed by atoms with van der Waals surface area (Å²) in [6.07, 6.45) is -3.68. The van der Waals surface area contributed by atoms with Gasteiger partial charge in [-0.15, -0.1) is 0 Å². The first-order valence-corrected chi connectivity index (χ1v) is 9.38. The van der Waals surface area contributed by atoms with Crippen molar-refractivity contribution in [2.45, 2.75) is 38.5 Å². The second-order valence-electron chi connectivity index (χ2n) is 6.40. The summed E-state index contributed by atoms with van der Waals surface area (Å²) in [4.78, 5) is 0. The highest BCUT2D eigenvalue weighted by molar-refractivity contribution is 7.48. The normalized spacial score (nSPS) is 14.6. The van der Waals surface area contributed by atoms with E-state index in [1.165, 1.54) is 13.2 Å². The van der Waals surface area contributed by atoms with Crippen LogP contribution in [0.1, 0.15) is 37.0 Å². The van der Waals surface area contributed by atoms with Crippen LogP contribution in [-0.2, 0) is 16.1 Å². The number of halogens is 3. The first-order valence-electron chi connectivity index (χ1n) is 8.38. The number of hydrogen-bond donors (Lipinski definition) is 0. The second-order valence-corrected chi connectivity index (χ2v) is 8.30. The largest absolute Gasteiger partial charge is 0.467 e. The molecule has 0 heterocycles. The van der Waals surface area contributed by atoms with Crippen LogP contribution in [0, 0.1) is 6.92 Å². The average molecular weight is 384 g/mol. The third-order valence-corrected chi connectivity index (χ3v) is 6.29. The number of hydrogen-bond acceptors (Lipinski definition) is 2. The Hall–Kier alpha value is -1.58. The molecule has 2 nitrogen and oxygen atoms in total. The lowest BCUT2D eigenvalue weighted by molar-refractivity contribution is -0.136. The van der Waals surface area contributed by atoms with Crippen LogP contribution >= 0.6 is 8.58 Å². The Bertz CT molecular complexity index is 746. The van der Waals surface area contributed by atoms with Gasteiger partial charge in [-0.1, -0.05) is 58.3 Å². The molecule has 0 fully saturated rings. The van der Waals surface area contributed by atoms with Crippen molar-refractivity contribution in [1.82, 2.24) is 0 Å². The molecule has 26 heavy (non-hydrogen) atoms. The van der Waals surface area contributed by atoms with E-state index in [0.29, 0.717) is 17.5 Å². The zero-order chi connectivity index (χ0) is 19.4. The first kappa shape index (κ1) is 20.7. The molecule has 0 N–H and O–H groups in total. The molecule has 0 aliphatic carbocycles. The highest BCUT2D eigenvalue weighted by atomic mass is 31.1.